The Kier molecular flexibility index (Phi) is 3.60. The molecule has 4 nitrogen and oxygen atoms in total. The largest absolute Gasteiger partial charge is 0.504 e. The van der Waals surface area contributed by atoms with Crippen molar-refractivity contribution >= 4 is 16.5 Å². The molecule has 0 saturated carbocycles. The molecule has 0 aliphatic carbocycles. The number of methoxy groups -OCH3 is 1. The van der Waals surface area contributed by atoms with Crippen molar-refractivity contribution in [3.8, 4) is 11.5 Å². The number of hydrogen-bond donors (Lipinski definition) is 2. The van der Waals surface area contributed by atoms with Gasteiger partial charge in [-0.3, -0.25) is 4.98 Å². The highest BCUT2D eigenvalue weighted by atomic mass is 16.5. The van der Waals surface area contributed by atoms with E-state index in [2.05, 4.69) is 16.4 Å². The Labute approximate surface area is 123 Å². The van der Waals surface area contributed by atoms with E-state index in [4.69, 9.17) is 4.74 Å². The highest BCUT2D eigenvalue weighted by molar-refractivity contribution is 5.84. The van der Waals surface area contributed by atoms with E-state index in [1.165, 1.54) is 12.5 Å². The van der Waals surface area contributed by atoms with Crippen LogP contribution < -0.4 is 10.1 Å². The van der Waals surface area contributed by atoms with Gasteiger partial charge < -0.3 is 15.2 Å². The topological polar surface area (TPSA) is 54.4 Å². The van der Waals surface area contributed by atoms with Gasteiger partial charge in [0.15, 0.2) is 11.5 Å². The second-order valence-electron chi connectivity index (χ2n) is 4.76. The number of nitrogens with one attached hydrogen (secondary N) is 1. The molecule has 0 aliphatic heterocycles. The molecule has 21 heavy (non-hydrogen) atoms. The number of anilines is 1. The lowest BCUT2D eigenvalue weighted by atomic mass is 10.1. The molecule has 0 aliphatic rings. The number of nitrogens with zero attached hydrogens (tertiary/aromatic N) is 1. The lowest BCUT2D eigenvalue weighted by Gasteiger charge is -2.10. The lowest BCUT2D eigenvalue weighted by Crippen LogP contribution is -2.00. The quantitative estimate of drug-likeness (QED) is 0.767. The van der Waals surface area contributed by atoms with E-state index < -0.39 is 0 Å². The summed E-state index contributed by atoms with van der Waals surface area (Å²) < 4.78 is 5.03. The first kappa shape index (κ1) is 13.2. The Morgan fingerprint density at radius 3 is 2.81 bits per heavy atom. The molecule has 2 N–H and O–H groups in total. The average molecular weight is 280 g/mol. The average Bonchev–Trinajstić information content (AvgIpc) is 2.53. The highest BCUT2D eigenvalue weighted by Crippen LogP contribution is 2.29. The Morgan fingerprint density at radius 2 is 2.00 bits per heavy atom. The third kappa shape index (κ3) is 2.74. The number of hydrogen-bond acceptors (Lipinski definition) is 4. The van der Waals surface area contributed by atoms with Gasteiger partial charge >= 0.3 is 0 Å². The molecule has 0 fully saturated rings. The number of aromatic nitrogens is 1. The van der Waals surface area contributed by atoms with Crippen LogP contribution in [0.4, 0.5) is 5.69 Å². The van der Waals surface area contributed by atoms with Crippen LogP contribution in [0.2, 0.25) is 0 Å². The van der Waals surface area contributed by atoms with E-state index in [0.29, 0.717) is 12.3 Å². The van der Waals surface area contributed by atoms with Crippen LogP contribution in [0, 0.1) is 0 Å². The molecule has 0 radical (unpaired) electrons. The number of phenolic OH excluding ortho intramolecular Hbond substituents is 1. The Balaban J connectivity index is 1.82. The molecule has 3 aromatic rings. The summed E-state index contributed by atoms with van der Waals surface area (Å²) in [5, 5.41) is 15.4. The van der Waals surface area contributed by atoms with Gasteiger partial charge in [0.25, 0.3) is 0 Å². The van der Waals surface area contributed by atoms with E-state index in [0.717, 1.165) is 16.6 Å². The molecule has 1 heterocycles. The first-order chi connectivity index (χ1) is 10.3. The summed E-state index contributed by atoms with van der Waals surface area (Å²) in [5.74, 6) is 0.589. The van der Waals surface area contributed by atoms with Crippen LogP contribution in [0.25, 0.3) is 10.8 Å². The summed E-state index contributed by atoms with van der Waals surface area (Å²) in [4.78, 5) is 4.26. The molecule has 1 aromatic heterocycles. The predicted octanol–water partition coefficient (Wildman–Crippen LogP) is 3.56. The van der Waals surface area contributed by atoms with Crippen LogP contribution in [-0.4, -0.2) is 17.2 Å². The van der Waals surface area contributed by atoms with Crippen molar-refractivity contribution in [1.82, 2.24) is 4.98 Å². The summed E-state index contributed by atoms with van der Waals surface area (Å²) in [7, 11) is 1.53. The molecular formula is C17H16N2O2. The van der Waals surface area contributed by atoms with Crippen molar-refractivity contribution < 1.29 is 9.84 Å². The molecule has 106 valence electrons. The first-order valence-corrected chi connectivity index (χ1v) is 6.70. The minimum absolute atomic E-state index is 0.124. The molecular weight excluding hydrogens is 264 g/mol. The number of benzene rings is 2. The van der Waals surface area contributed by atoms with Gasteiger partial charge in [0.2, 0.25) is 0 Å². The van der Waals surface area contributed by atoms with Crippen molar-refractivity contribution in [3.63, 3.8) is 0 Å². The van der Waals surface area contributed by atoms with Crippen LogP contribution in [0.5, 0.6) is 11.5 Å². The van der Waals surface area contributed by atoms with E-state index in [9.17, 15) is 5.11 Å². The van der Waals surface area contributed by atoms with Crippen molar-refractivity contribution in [3.05, 3.63) is 60.4 Å². The number of pyridine rings is 1. The Bertz CT molecular complexity index is 766. The summed E-state index contributed by atoms with van der Waals surface area (Å²) in [6.07, 6.45) is 3.72. The van der Waals surface area contributed by atoms with Gasteiger partial charge in [-0.1, -0.05) is 24.3 Å². The summed E-state index contributed by atoms with van der Waals surface area (Å²) >= 11 is 0. The van der Waals surface area contributed by atoms with Crippen LogP contribution in [0.3, 0.4) is 0 Å². The fraction of sp³-hybridized carbons (Fsp3) is 0.118. The summed E-state index contributed by atoms with van der Waals surface area (Å²) in [6, 6.07) is 13.4. The maximum Gasteiger partial charge on any atom is 0.160 e. The normalized spacial score (nSPS) is 10.5. The van der Waals surface area contributed by atoms with E-state index in [1.54, 1.807) is 12.1 Å². The van der Waals surface area contributed by atoms with Gasteiger partial charge in [0, 0.05) is 36.1 Å². The van der Waals surface area contributed by atoms with E-state index in [1.807, 2.05) is 36.7 Å². The SMILES string of the molecule is COc1ccc(NCc2cncc3ccccc23)cc1O. The number of fused-ring (bicyclic) bond motifs is 1. The second kappa shape index (κ2) is 5.71. The van der Waals surface area contributed by atoms with Crippen LogP contribution in [0.1, 0.15) is 5.56 Å². The predicted molar refractivity (Wildman–Crippen MR) is 83.7 cm³/mol. The fourth-order valence-corrected chi connectivity index (χ4v) is 2.32. The second-order valence-corrected chi connectivity index (χ2v) is 4.76. The highest BCUT2D eigenvalue weighted by Gasteiger charge is 2.04. The minimum Gasteiger partial charge on any atom is -0.504 e. The number of rotatable bonds is 4. The standard InChI is InChI=1S/C17H16N2O2/c1-21-17-7-6-14(8-16(17)20)19-11-13-10-18-9-12-4-2-3-5-15(12)13/h2-10,19-20H,11H2,1H3. The summed E-state index contributed by atoms with van der Waals surface area (Å²) in [6.45, 7) is 0.639. The molecule has 0 saturated heterocycles. The number of phenols is 1. The van der Waals surface area contributed by atoms with Crippen molar-refractivity contribution in [2.75, 3.05) is 12.4 Å². The molecule has 3 rings (SSSR count). The smallest absolute Gasteiger partial charge is 0.160 e. The maximum absolute atomic E-state index is 9.78. The third-order valence-corrected chi connectivity index (χ3v) is 3.41. The maximum atomic E-state index is 9.78. The molecule has 0 bridgehead atoms. The van der Waals surface area contributed by atoms with E-state index >= 15 is 0 Å². The lowest BCUT2D eigenvalue weighted by molar-refractivity contribution is 0.373. The van der Waals surface area contributed by atoms with Gasteiger partial charge in [-0.05, 0) is 23.1 Å². The molecule has 0 unspecified atom stereocenters. The van der Waals surface area contributed by atoms with E-state index in [-0.39, 0.29) is 5.75 Å². The Morgan fingerprint density at radius 1 is 1.14 bits per heavy atom. The molecule has 0 spiro atoms. The third-order valence-electron chi connectivity index (χ3n) is 3.41. The van der Waals surface area contributed by atoms with Crippen LogP contribution in [-0.2, 0) is 6.54 Å². The number of aromatic hydroxyl groups is 1. The van der Waals surface area contributed by atoms with Gasteiger partial charge in [0.05, 0.1) is 7.11 Å². The zero-order valence-electron chi connectivity index (χ0n) is 11.7. The van der Waals surface area contributed by atoms with Gasteiger partial charge in [-0.2, -0.15) is 0 Å². The van der Waals surface area contributed by atoms with Crippen LogP contribution in [0.15, 0.2) is 54.9 Å². The first-order valence-electron chi connectivity index (χ1n) is 6.70. The zero-order valence-corrected chi connectivity index (χ0v) is 11.7. The van der Waals surface area contributed by atoms with Gasteiger partial charge in [0.1, 0.15) is 0 Å². The molecule has 4 heteroatoms. The molecule has 2 aromatic carbocycles. The Hall–Kier alpha value is -2.75. The molecule has 0 amide bonds. The monoisotopic (exact) mass is 280 g/mol. The fourth-order valence-electron chi connectivity index (χ4n) is 2.32. The van der Waals surface area contributed by atoms with Crippen molar-refractivity contribution in [1.29, 1.82) is 0 Å². The minimum atomic E-state index is 0.124. The summed E-state index contributed by atoms with van der Waals surface area (Å²) in [5.41, 5.74) is 1.95. The van der Waals surface area contributed by atoms with Crippen LogP contribution >= 0.6 is 0 Å². The molecule has 0 atom stereocenters. The zero-order chi connectivity index (χ0) is 14.7. The van der Waals surface area contributed by atoms with Crippen molar-refractivity contribution in [2.24, 2.45) is 0 Å². The van der Waals surface area contributed by atoms with Gasteiger partial charge in [-0.15, -0.1) is 0 Å². The van der Waals surface area contributed by atoms with Crippen molar-refractivity contribution in [2.45, 2.75) is 6.54 Å². The number of ether oxygens (including phenoxy) is 1. The van der Waals surface area contributed by atoms with Gasteiger partial charge in [-0.25, -0.2) is 0 Å².